The van der Waals surface area contributed by atoms with E-state index in [0.717, 1.165) is 25.3 Å². The lowest BCUT2D eigenvalue weighted by Gasteiger charge is -2.44. The number of hydrogen-bond donors (Lipinski definition) is 2. The van der Waals surface area contributed by atoms with E-state index in [0.29, 0.717) is 18.4 Å². The second kappa shape index (κ2) is 5.60. The number of carbonyl (C=O) groups is 1. The van der Waals surface area contributed by atoms with Crippen LogP contribution in [-0.2, 0) is 4.79 Å². The van der Waals surface area contributed by atoms with E-state index in [1.165, 1.54) is 25.7 Å². The summed E-state index contributed by atoms with van der Waals surface area (Å²) in [4.78, 5) is 12.3. The van der Waals surface area contributed by atoms with Gasteiger partial charge in [-0.05, 0) is 43.4 Å². The molecule has 0 spiro atoms. The summed E-state index contributed by atoms with van der Waals surface area (Å²) in [5, 5.41) is 3.17. The molecule has 18 heavy (non-hydrogen) atoms. The first-order valence-corrected chi connectivity index (χ1v) is 7.54. The zero-order valence-corrected chi connectivity index (χ0v) is 11.9. The van der Waals surface area contributed by atoms with E-state index in [1.54, 1.807) is 0 Å². The van der Waals surface area contributed by atoms with Crippen molar-refractivity contribution in [3.05, 3.63) is 0 Å². The number of nitrogens with two attached hydrogens (primary N) is 1. The lowest BCUT2D eigenvalue weighted by molar-refractivity contribution is -0.138. The van der Waals surface area contributed by atoms with Crippen molar-refractivity contribution < 1.29 is 4.79 Å². The molecule has 3 heteroatoms. The van der Waals surface area contributed by atoms with E-state index in [4.69, 9.17) is 5.73 Å². The van der Waals surface area contributed by atoms with Crippen LogP contribution in [0.25, 0.3) is 0 Å². The van der Waals surface area contributed by atoms with Crippen LogP contribution in [0.15, 0.2) is 0 Å². The zero-order valence-electron chi connectivity index (χ0n) is 11.9. The minimum Gasteiger partial charge on any atom is -0.355 e. The summed E-state index contributed by atoms with van der Waals surface area (Å²) in [5.74, 6) is 2.38. The van der Waals surface area contributed by atoms with Crippen molar-refractivity contribution in [1.29, 1.82) is 0 Å². The Hall–Kier alpha value is -0.570. The summed E-state index contributed by atoms with van der Waals surface area (Å²) in [6.07, 6.45) is 7.16. The summed E-state index contributed by atoms with van der Waals surface area (Å²) >= 11 is 0. The molecule has 0 aromatic rings. The third kappa shape index (κ3) is 2.87. The molecule has 104 valence electrons. The first kappa shape index (κ1) is 13.9. The van der Waals surface area contributed by atoms with E-state index in [9.17, 15) is 4.79 Å². The molecule has 0 saturated heterocycles. The standard InChI is InChI=1S/C15H28N2O/c1-11-4-3-5-13(6-11)9-17-14(18)15(10-16)7-12(2)8-15/h11-13H,3-10,16H2,1-2H3,(H,17,18). The number of amides is 1. The Bertz CT molecular complexity index is 297. The highest BCUT2D eigenvalue weighted by Crippen LogP contribution is 2.44. The minimum absolute atomic E-state index is 0.210. The zero-order chi connectivity index (χ0) is 13.2. The van der Waals surface area contributed by atoms with Gasteiger partial charge in [0.2, 0.25) is 5.91 Å². The van der Waals surface area contributed by atoms with Gasteiger partial charge in [0.1, 0.15) is 0 Å². The molecule has 0 bridgehead atoms. The Morgan fingerprint density at radius 1 is 1.28 bits per heavy atom. The van der Waals surface area contributed by atoms with Crippen LogP contribution < -0.4 is 11.1 Å². The molecule has 2 aliphatic rings. The first-order chi connectivity index (χ1) is 8.55. The van der Waals surface area contributed by atoms with Crippen molar-refractivity contribution >= 4 is 5.91 Å². The van der Waals surface area contributed by atoms with Crippen LogP contribution in [0, 0.1) is 23.2 Å². The van der Waals surface area contributed by atoms with Crippen LogP contribution in [0.3, 0.4) is 0 Å². The van der Waals surface area contributed by atoms with Gasteiger partial charge in [-0.1, -0.05) is 26.7 Å². The Labute approximate surface area is 111 Å². The smallest absolute Gasteiger partial charge is 0.227 e. The monoisotopic (exact) mass is 252 g/mol. The van der Waals surface area contributed by atoms with Gasteiger partial charge in [0.25, 0.3) is 0 Å². The van der Waals surface area contributed by atoms with Gasteiger partial charge in [-0.25, -0.2) is 0 Å². The van der Waals surface area contributed by atoms with Gasteiger partial charge in [0, 0.05) is 13.1 Å². The lowest BCUT2D eigenvalue weighted by atomic mass is 9.62. The summed E-state index contributed by atoms with van der Waals surface area (Å²) in [6.45, 7) is 5.89. The van der Waals surface area contributed by atoms with Gasteiger partial charge in [-0.2, -0.15) is 0 Å². The topological polar surface area (TPSA) is 55.1 Å². The molecule has 3 N–H and O–H groups in total. The van der Waals surface area contributed by atoms with E-state index in [1.807, 2.05) is 0 Å². The van der Waals surface area contributed by atoms with Crippen LogP contribution in [0.2, 0.25) is 0 Å². The molecule has 3 nitrogen and oxygen atoms in total. The number of rotatable bonds is 4. The molecule has 2 rings (SSSR count). The van der Waals surface area contributed by atoms with Crippen LogP contribution >= 0.6 is 0 Å². The lowest BCUT2D eigenvalue weighted by Crippen LogP contribution is -2.54. The minimum atomic E-state index is -0.236. The summed E-state index contributed by atoms with van der Waals surface area (Å²) in [6, 6.07) is 0. The molecule has 2 saturated carbocycles. The second-order valence-corrected chi connectivity index (χ2v) is 6.85. The van der Waals surface area contributed by atoms with Crippen molar-refractivity contribution in [3.63, 3.8) is 0 Å². The maximum absolute atomic E-state index is 12.3. The molecule has 2 fully saturated rings. The van der Waals surface area contributed by atoms with Gasteiger partial charge in [0.15, 0.2) is 0 Å². The molecule has 1 amide bonds. The highest BCUT2D eigenvalue weighted by molar-refractivity contribution is 5.83. The van der Waals surface area contributed by atoms with Crippen LogP contribution in [0.1, 0.15) is 52.4 Å². The maximum Gasteiger partial charge on any atom is 0.227 e. The predicted octanol–water partition coefficient (Wildman–Crippen LogP) is 2.30. The van der Waals surface area contributed by atoms with Crippen molar-refractivity contribution in [2.75, 3.05) is 13.1 Å². The van der Waals surface area contributed by atoms with Crippen molar-refractivity contribution in [2.45, 2.75) is 52.4 Å². The summed E-state index contributed by atoms with van der Waals surface area (Å²) in [5.41, 5.74) is 5.57. The van der Waals surface area contributed by atoms with Gasteiger partial charge in [-0.3, -0.25) is 4.79 Å². The molecule has 2 atom stereocenters. The van der Waals surface area contributed by atoms with Gasteiger partial charge < -0.3 is 11.1 Å². The molecule has 0 aromatic heterocycles. The highest BCUT2D eigenvalue weighted by atomic mass is 16.2. The Kier molecular flexibility index (Phi) is 4.31. The van der Waals surface area contributed by atoms with E-state index >= 15 is 0 Å². The fourth-order valence-electron chi connectivity index (χ4n) is 3.89. The molecular formula is C15H28N2O. The number of carbonyl (C=O) groups excluding carboxylic acids is 1. The van der Waals surface area contributed by atoms with Gasteiger partial charge >= 0.3 is 0 Å². The van der Waals surface area contributed by atoms with Crippen LogP contribution in [0.4, 0.5) is 0 Å². The Morgan fingerprint density at radius 3 is 2.56 bits per heavy atom. The Balaban J connectivity index is 1.77. The second-order valence-electron chi connectivity index (χ2n) is 6.85. The summed E-state index contributed by atoms with van der Waals surface area (Å²) < 4.78 is 0. The van der Waals surface area contributed by atoms with Crippen molar-refractivity contribution in [1.82, 2.24) is 5.32 Å². The van der Waals surface area contributed by atoms with E-state index in [-0.39, 0.29) is 11.3 Å². The molecule has 0 aliphatic heterocycles. The molecular weight excluding hydrogens is 224 g/mol. The van der Waals surface area contributed by atoms with Gasteiger partial charge in [-0.15, -0.1) is 0 Å². The van der Waals surface area contributed by atoms with Crippen molar-refractivity contribution in [2.24, 2.45) is 28.9 Å². The van der Waals surface area contributed by atoms with E-state index < -0.39 is 0 Å². The molecule has 2 unspecified atom stereocenters. The average Bonchev–Trinajstić information content (AvgIpc) is 2.32. The van der Waals surface area contributed by atoms with Crippen LogP contribution in [0.5, 0.6) is 0 Å². The average molecular weight is 252 g/mol. The molecule has 0 radical (unpaired) electrons. The van der Waals surface area contributed by atoms with Gasteiger partial charge in [0.05, 0.1) is 5.41 Å². The number of hydrogen-bond acceptors (Lipinski definition) is 2. The fourth-order valence-corrected chi connectivity index (χ4v) is 3.89. The largest absolute Gasteiger partial charge is 0.355 e. The fraction of sp³-hybridized carbons (Fsp3) is 0.933. The molecule has 2 aliphatic carbocycles. The predicted molar refractivity (Wildman–Crippen MR) is 74.0 cm³/mol. The number of nitrogens with one attached hydrogen (secondary N) is 1. The quantitative estimate of drug-likeness (QED) is 0.806. The first-order valence-electron chi connectivity index (χ1n) is 7.54. The highest BCUT2D eigenvalue weighted by Gasteiger charge is 2.47. The normalized spacial score (nSPS) is 40.1. The van der Waals surface area contributed by atoms with Crippen molar-refractivity contribution in [3.8, 4) is 0 Å². The molecule has 0 heterocycles. The van der Waals surface area contributed by atoms with Crippen LogP contribution in [-0.4, -0.2) is 19.0 Å². The molecule has 0 aromatic carbocycles. The maximum atomic E-state index is 12.3. The SMILES string of the molecule is CC1CCCC(CNC(=O)C2(CN)CC(C)C2)C1. The Morgan fingerprint density at radius 2 is 2.00 bits per heavy atom. The van der Waals surface area contributed by atoms with E-state index in [2.05, 4.69) is 19.2 Å². The third-order valence-corrected chi connectivity index (χ3v) is 4.95. The third-order valence-electron chi connectivity index (χ3n) is 4.95. The summed E-state index contributed by atoms with van der Waals surface area (Å²) in [7, 11) is 0.